The topological polar surface area (TPSA) is 88.2 Å². The number of fused-ring (bicyclic) bond motifs is 1. The van der Waals surface area contributed by atoms with Crippen LogP contribution in [0, 0.1) is 5.41 Å². The van der Waals surface area contributed by atoms with Gasteiger partial charge in [-0.1, -0.05) is 25.5 Å². The van der Waals surface area contributed by atoms with Crippen molar-refractivity contribution in [2.45, 2.75) is 45.1 Å². The Morgan fingerprint density at radius 2 is 1.89 bits per heavy atom. The van der Waals surface area contributed by atoms with Crippen molar-refractivity contribution in [2.24, 2.45) is 5.73 Å². The second-order valence-corrected chi connectivity index (χ2v) is 7.07. The van der Waals surface area contributed by atoms with Crippen LogP contribution in [-0.4, -0.2) is 17.3 Å². The lowest BCUT2D eigenvalue weighted by atomic mass is 9.89. The standard InChI is InChI=1S/C21H25N3O2.ClH/c1-3-11-21(2)12-10-16-13-17(8-9-18(16)26-21)24-20(25)15-6-4-14(5-7-15)19(22)23;/h4-9,13H,3,10-12H2,1-2H3,(H3,22,23)(H,24,25);1H. The molecule has 0 bridgehead atoms. The Morgan fingerprint density at radius 3 is 2.52 bits per heavy atom. The van der Waals surface area contributed by atoms with Gasteiger partial charge in [-0.3, -0.25) is 10.2 Å². The highest BCUT2D eigenvalue weighted by Crippen LogP contribution is 2.37. The third kappa shape index (κ3) is 4.80. The first-order valence-corrected chi connectivity index (χ1v) is 8.98. The van der Waals surface area contributed by atoms with Crippen molar-refractivity contribution in [3.8, 4) is 5.75 Å². The highest BCUT2D eigenvalue weighted by molar-refractivity contribution is 6.05. The molecule has 2 aromatic carbocycles. The highest BCUT2D eigenvalue weighted by atomic mass is 35.5. The smallest absolute Gasteiger partial charge is 0.255 e. The summed E-state index contributed by atoms with van der Waals surface area (Å²) in [5, 5.41) is 10.3. The molecule has 0 aliphatic carbocycles. The lowest BCUT2D eigenvalue weighted by molar-refractivity contribution is 0.0555. The molecule has 0 spiro atoms. The lowest BCUT2D eigenvalue weighted by Gasteiger charge is -2.36. The summed E-state index contributed by atoms with van der Waals surface area (Å²) in [4.78, 5) is 12.4. The molecule has 0 radical (unpaired) electrons. The van der Waals surface area contributed by atoms with Gasteiger partial charge in [-0.25, -0.2) is 0 Å². The van der Waals surface area contributed by atoms with E-state index in [2.05, 4.69) is 19.2 Å². The predicted molar refractivity (Wildman–Crippen MR) is 111 cm³/mol. The minimum absolute atomic E-state index is 0. The molecule has 1 amide bonds. The van der Waals surface area contributed by atoms with Gasteiger partial charge in [-0.05, 0) is 62.1 Å². The van der Waals surface area contributed by atoms with E-state index in [4.69, 9.17) is 15.9 Å². The largest absolute Gasteiger partial charge is 0.487 e. The van der Waals surface area contributed by atoms with Gasteiger partial charge in [0.25, 0.3) is 5.91 Å². The van der Waals surface area contributed by atoms with Crippen molar-refractivity contribution in [1.82, 2.24) is 0 Å². The van der Waals surface area contributed by atoms with Crippen LogP contribution in [0.5, 0.6) is 5.75 Å². The first-order chi connectivity index (χ1) is 12.4. The van der Waals surface area contributed by atoms with E-state index in [-0.39, 0.29) is 29.8 Å². The number of hydrogen-bond acceptors (Lipinski definition) is 3. The van der Waals surface area contributed by atoms with E-state index >= 15 is 0 Å². The SMILES string of the molecule is CCCC1(C)CCc2cc(NC(=O)c3ccc(C(=N)N)cc3)ccc2O1.Cl. The van der Waals surface area contributed by atoms with Crippen molar-refractivity contribution in [3.63, 3.8) is 0 Å². The van der Waals surface area contributed by atoms with Gasteiger partial charge >= 0.3 is 0 Å². The van der Waals surface area contributed by atoms with Gasteiger partial charge in [0, 0.05) is 16.8 Å². The van der Waals surface area contributed by atoms with Gasteiger partial charge < -0.3 is 15.8 Å². The fraction of sp³-hybridized carbons (Fsp3) is 0.333. The molecular formula is C21H26ClN3O2. The third-order valence-electron chi connectivity index (χ3n) is 4.83. The Bertz CT molecular complexity index is 836. The van der Waals surface area contributed by atoms with Crippen LogP contribution in [0.3, 0.4) is 0 Å². The van der Waals surface area contributed by atoms with Crippen molar-refractivity contribution < 1.29 is 9.53 Å². The molecule has 3 rings (SSSR count). The molecule has 144 valence electrons. The molecule has 1 aliphatic heterocycles. The van der Waals surface area contributed by atoms with E-state index in [0.29, 0.717) is 11.1 Å². The van der Waals surface area contributed by atoms with Crippen LogP contribution in [-0.2, 0) is 6.42 Å². The molecule has 0 aromatic heterocycles. The van der Waals surface area contributed by atoms with Crippen LogP contribution in [0.2, 0.25) is 0 Å². The van der Waals surface area contributed by atoms with E-state index < -0.39 is 0 Å². The van der Waals surface area contributed by atoms with E-state index in [1.54, 1.807) is 24.3 Å². The van der Waals surface area contributed by atoms with E-state index in [1.807, 2.05) is 18.2 Å². The molecule has 5 nitrogen and oxygen atoms in total. The quantitative estimate of drug-likeness (QED) is 0.520. The summed E-state index contributed by atoms with van der Waals surface area (Å²) in [7, 11) is 0. The summed E-state index contributed by atoms with van der Waals surface area (Å²) < 4.78 is 6.20. The van der Waals surface area contributed by atoms with Crippen molar-refractivity contribution in [3.05, 3.63) is 59.2 Å². The Morgan fingerprint density at radius 1 is 1.22 bits per heavy atom. The monoisotopic (exact) mass is 387 g/mol. The summed E-state index contributed by atoms with van der Waals surface area (Å²) in [6, 6.07) is 12.5. The van der Waals surface area contributed by atoms with E-state index in [1.165, 1.54) is 0 Å². The molecule has 4 N–H and O–H groups in total. The summed E-state index contributed by atoms with van der Waals surface area (Å²) in [6.45, 7) is 4.34. The number of anilines is 1. The number of ether oxygens (including phenoxy) is 1. The van der Waals surface area contributed by atoms with Crippen molar-refractivity contribution >= 4 is 29.8 Å². The van der Waals surface area contributed by atoms with E-state index in [0.717, 1.165) is 42.7 Å². The van der Waals surface area contributed by atoms with Crippen LogP contribution in [0.1, 0.15) is 54.6 Å². The van der Waals surface area contributed by atoms with Crippen molar-refractivity contribution in [2.75, 3.05) is 5.32 Å². The van der Waals surface area contributed by atoms with Crippen LogP contribution in [0.15, 0.2) is 42.5 Å². The minimum Gasteiger partial charge on any atom is -0.487 e. The number of rotatable bonds is 5. The van der Waals surface area contributed by atoms with Gasteiger partial charge in [0.2, 0.25) is 0 Å². The van der Waals surface area contributed by atoms with Gasteiger partial charge in [-0.15, -0.1) is 12.4 Å². The molecule has 0 fully saturated rings. The number of amidine groups is 1. The molecule has 1 atom stereocenters. The zero-order valence-electron chi connectivity index (χ0n) is 15.7. The Kier molecular flexibility index (Phi) is 6.50. The molecule has 6 heteroatoms. The van der Waals surface area contributed by atoms with Crippen LogP contribution in [0.4, 0.5) is 5.69 Å². The Hall–Kier alpha value is -2.53. The van der Waals surface area contributed by atoms with Crippen LogP contribution >= 0.6 is 12.4 Å². The van der Waals surface area contributed by atoms with Gasteiger partial charge in [-0.2, -0.15) is 0 Å². The maximum absolute atomic E-state index is 12.4. The number of carbonyl (C=O) groups excluding carboxylic acids is 1. The first-order valence-electron chi connectivity index (χ1n) is 8.98. The number of nitrogens with two attached hydrogens (primary N) is 1. The molecule has 1 aliphatic rings. The molecule has 27 heavy (non-hydrogen) atoms. The summed E-state index contributed by atoms with van der Waals surface area (Å²) in [5.74, 6) is 0.713. The number of aryl methyl sites for hydroxylation is 1. The maximum atomic E-state index is 12.4. The lowest BCUT2D eigenvalue weighted by Crippen LogP contribution is -2.36. The molecule has 2 aromatic rings. The molecule has 0 saturated heterocycles. The molecule has 1 heterocycles. The number of benzene rings is 2. The maximum Gasteiger partial charge on any atom is 0.255 e. The number of nitrogens with one attached hydrogen (secondary N) is 2. The molecule has 1 unspecified atom stereocenters. The average Bonchev–Trinajstić information content (AvgIpc) is 2.62. The summed E-state index contributed by atoms with van der Waals surface area (Å²) in [5.41, 5.74) is 8.36. The minimum atomic E-state index is -0.187. The fourth-order valence-corrected chi connectivity index (χ4v) is 3.38. The second kappa shape index (κ2) is 8.44. The second-order valence-electron chi connectivity index (χ2n) is 7.07. The number of halogens is 1. The van der Waals surface area contributed by atoms with Gasteiger partial charge in [0.1, 0.15) is 17.2 Å². The van der Waals surface area contributed by atoms with Gasteiger partial charge in [0.05, 0.1) is 0 Å². The van der Waals surface area contributed by atoms with Crippen LogP contribution < -0.4 is 15.8 Å². The first kappa shape index (κ1) is 20.8. The fourth-order valence-electron chi connectivity index (χ4n) is 3.38. The van der Waals surface area contributed by atoms with Crippen molar-refractivity contribution in [1.29, 1.82) is 5.41 Å². The number of amides is 1. The Balaban J connectivity index is 0.00000261. The van der Waals surface area contributed by atoms with Gasteiger partial charge in [0.15, 0.2) is 0 Å². The number of hydrogen-bond donors (Lipinski definition) is 3. The summed E-state index contributed by atoms with van der Waals surface area (Å²) >= 11 is 0. The zero-order chi connectivity index (χ0) is 18.7. The van der Waals surface area contributed by atoms with Crippen LogP contribution in [0.25, 0.3) is 0 Å². The number of carbonyl (C=O) groups is 1. The molecule has 0 saturated carbocycles. The third-order valence-corrected chi connectivity index (χ3v) is 4.83. The number of nitrogen functional groups attached to an aromatic ring is 1. The molecular weight excluding hydrogens is 362 g/mol. The summed E-state index contributed by atoms with van der Waals surface area (Å²) in [6.07, 6.45) is 4.07. The van der Waals surface area contributed by atoms with E-state index in [9.17, 15) is 4.79 Å². The zero-order valence-corrected chi connectivity index (χ0v) is 16.5. The predicted octanol–water partition coefficient (Wildman–Crippen LogP) is 4.53. The average molecular weight is 388 g/mol. The normalized spacial score (nSPS) is 17.9. The highest BCUT2D eigenvalue weighted by Gasteiger charge is 2.30. The Labute approximate surface area is 166 Å².